The van der Waals surface area contributed by atoms with Crippen LogP contribution in [-0.2, 0) is 48.3 Å². The molecule has 3 aromatic carbocycles. The zero-order valence-corrected chi connectivity index (χ0v) is 36.5. The molecule has 0 aliphatic rings. The fourth-order valence-electron chi connectivity index (χ4n) is 5.09. The molecule has 0 bridgehead atoms. The van der Waals surface area contributed by atoms with Gasteiger partial charge in [0, 0.05) is 51.7 Å². The van der Waals surface area contributed by atoms with Crippen molar-refractivity contribution in [2.75, 3.05) is 46.4 Å². The third-order valence-electron chi connectivity index (χ3n) is 8.00. The second-order valence-corrected chi connectivity index (χ2v) is 14.0. The molecule has 1 atom stereocenters. The second kappa shape index (κ2) is 32.1. The van der Waals surface area contributed by atoms with Gasteiger partial charge >= 0.3 is 30.3 Å². The van der Waals surface area contributed by atoms with Crippen LogP contribution in [0.25, 0.3) is 0 Å². The molecule has 0 aliphatic heterocycles. The van der Waals surface area contributed by atoms with Crippen molar-refractivity contribution in [3.05, 3.63) is 108 Å². The van der Waals surface area contributed by atoms with Gasteiger partial charge in [0.05, 0.1) is 7.11 Å². The molecule has 0 unspecified atom stereocenters. The molecule has 0 aliphatic carbocycles. The van der Waals surface area contributed by atoms with Gasteiger partial charge in [-0.05, 0) is 56.7 Å². The number of methoxy groups -OCH3 is 1. The van der Waals surface area contributed by atoms with Gasteiger partial charge < -0.3 is 45.0 Å². The maximum absolute atomic E-state index is 12.9. The molecule has 4 amide bonds. The number of hydrogen-bond acceptors (Lipinski definition) is 11. The minimum absolute atomic E-state index is 0.118. The van der Waals surface area contributed by atoms with Crippen LogP contribution in [0.4, 0.5) is 19.2 Å². The van der Waals surface area contributed by atoms with Crippen LogP contribution in [0.3, 0.4) is 0 Å². The Labute approximate surface area is 356 Å². The zero-order valence-electron chi connectivity index (χ0n) is 36.5. The summed E-state index contributed by atoms with van der Waals surface area (Å²) >= 11 is 0. The van der Waals surface area contributed by atoms with E-state index in [0.717, 1.165) is 16.7 Å². The van der Waals surface area contributed by atoms with Crippen LogP contribution in [0.2, 0.25) is 0 Å². The number of carbonyl (C=O) groups is 5. The van der Waals surface area contributed by atoms with E-state index in [1.165, 1.54) is 7.11 Å². The fourth-order valence-corrected chi connectivity index (χ4v) is 5.09. The first-order valence-electron chi connectivity index (χ1n) is 20.5. The van der Waals surface area contributed by atoms with E-state index in [4.69, 9.17) is 18.9 Å². The molecule has 0 heterocycles. The highest BCUT2D eigenvalue weighted by atomic mass is 16.6. The highest BCUT2D eigenvalue weighted by molar-refractivity contribution is 5.69. The quantitative estimate of drug-likeness (QED) is 0.0468. The van der Waals surface area contributed by atoms with E-state index < -0.39 is 30.0 Å². The Morgan fingerprint density at radius 1 is 0.600 bits per heavy atom. The van der Waals surface area contributed by atoms with Crippen molar-refractivity contribution in [2.24, 2.45) is 0 Å². The third-order valence-corrected chi connectivity index (χ3v) is 8.00. The van der Waals surface area contributed by atoms with Crippen molar-refractivity contribution in [3.8, 4) is 0 Å². The minimum Gasteiger partial charge on any atom is -0.469 e. The molecule has 0 saturated heterocycles. The highest BCUT2D eigenvalue weighted by Gasteiger charge is 2.19. The Morgan fingerprint density at radius 2 is 1.02 bits per heavy atom. The Hall–Kier alpha value is -5.83. The topological polar surface area (TPSA) is 183 Å². The summed E-state index contributed by atoms with van der Waals surface area (Å²) in [5.41, 5.74) is 2.01. The summed E-state index contributed by atoms with van der Waals surface area (Å²) in [6, 6.07) is 27.8. The number of ether oxygens (including phenoxy) is 5. The molecule has 60 heavy (non-hydrogen) atoms. The van der Waals surface area contributed by atoms with Gasteiger partial charge in [-0.3, -0.25) is 9.69 Å². The average molecular weight is 838 g/mol. The van der Waals surface area contributed by atoms with Gasteiger partial charge in [0.25, 0.3) is 0 Å². The van der Waals surface area contributed by atoms with Gasteiger partial charge in [0.2, 0.25) is 0 Å². The molecule has 15 heteroatoms. The van der Waals surface area contributed by atoms with Crippen LogP contribution in [0.5, 0.6) is 0 Å². The van der Waals surface area contributed by atoms with Crippen LogP contribution >= 0.6 is 0 Å². The maximum atomic E-state index is 12.9. The lowest BCUT2D eigenvalue weighted by molar-refractivity contribution is -0.140. The number of esters is 1. The minimum atomic E-state index is -0.594. The summed E-state index contributed by atoms with van der Waals surface area (Å²) in [6.45, 7) is 13.7. The van der Waals surface area contributed by atoms with Crippen molar-refractivity contribution < 1.29 is 47.7 Å². The summed E-state index contributed by atoms with van der Waals surface area (Å²) in [5.74, 6) is -0.157. The van der Waals surface area contributed by atoms with Gasteiger partial charge in [-0.2, -0.15) is 0 Å². The molecule has 4 N–H and O–H groups in total. The van der Waals surface area contributed by atoms with E-state index in [2.05, 4.69) is 26.0 Å². The Balaban J connectivity index is 0.00000206. The van der Waals surface area contributed by atoms with Gasteiger partial charge in [-0.25, -0.2) is 19.2 Å². The molecule has 0 saturated carbocycles. The van der Waals surface area contributed by atoms with E-state index >= 15 is 0 Å². The molecule has 3 rings (SSSR count). The highest BCUT2D eigenvalue weighted by Crippen LogP contribution is 2.09. The molecule has 15 nitrogen and oxygen atoms in total. The Bertz CT molecular complexity index is 1540. The van der Waals surface area contributed by atoms with E-state index in [1.54, 1.807) is 27.7 Å². The van der Waals surface area contributed by atoms with Crippen LogP contribution in [0.1, 0.15) is 83.9 Å². The number of hydrogen-bond donors (Lipinski definition) is 4. The standard InChI is InChI=1S/C39H53N5O8.C4H8O2.C2H6/c1-39(2,3)52-37(47)40-22-14-13-21-34(43-38(48)51-30-33-19-11-6-12-20-33)27-44(25-23-41-35(45)49-28-31-15-7-4-8-16-31)26-24-42-36(46)50-29-32-17-9-5-10-18-32;1-3-4(5)6-2;1-2/h4-12,15-20,34H,13-14,21-30H2,1-3H3,(H,40,47)(H,41,45)(H,42,46)(H,43,48);3H2,1-2H3;1-2H3/t34-;;/m0../s1. The van der Waals surface area contributed by atoms with Crippen molar-refractivity contribution >= 4 is 30.3 Å². The number of unbranched alkanes of at least 4 members (excludes halogenated alkanes) is 1. The summed E-state index contributed by atoms with van der Waals surface area (Å²) < 4.78 is 25.8. The molecule has 0 aromatic heterocycles. The van der Waals surface area contributed by atoms with E-state index in [9.17, 15) is 24.0 Å². The third kappa shape index (κ3) is 27.7. The van der Waals surface area contributed by atoms with Crippen molar-refractivity contribution in [1.82, 2.24) is 26.2 Å². The molecule has 0 radical (unpaired) electrons. The number of rotatable bonds is 21. The Kier molecular flexibility index (Phi) is 27.9. The maximum Gasteiger partial charge on any atom is 0.407 e. The number of amides is 4. The first kappa shape index (κ1) is 52.2. The first-order valence-corrected chi connectivity index (χ1v) is 20.5. The molecule has 3 aromatic rings. The molecule has 332 valence electrons. The summed E-state index contributed by atoms with van der Waals surface area (Å²) in [4.78, 5) is 61.9. The van der Waals surface area contributed by atoms with Crippen LogP contribution in [0, 0.1) is 0 Å². The van der Waals surface area contributed by atoms with Crippen LogP contribution < -0.4 is 21.3 Å². The second-order valence-electron chi connectivity index (χ2n) is 14.0. The number of nitrogens with one attached hydrogen (secondary N) is 4. The monoisotopic (exact) mass is 837 g/mol. The number of benzene rings is 3. The zero-order chi connectivity index (χ0) is 44.4. The SMILES string of the molecule is CC.CC(C)(C)OC(=O)NCCCC[C@@H](CN(CCNC(=O)OCc1ccccc1)CCNC(=O)OCc1ccccc1)NC(=O)OCc1ccccc1.CCC(=O)OC. The lowest BCUT2D eigenvalue weighted by atomic mass is 10.1. The van der Waals surface area contributed by atoms with Gasteiger partial charge in [0.1, 0.15) is 25.4 Å². The summed E-state index contributed by atoms with van der Waals surface area (Å²) in [5, 5.41) is 11.3. The average Bonchev–Trinajstić information content (AvgIpc) is 3.25. The first-order chi connectivity index (χ1) is 28.9. The van der Waals surface area contributed by atoms with Gasteiger partial charge in [-0.1, -0.05) is 112 Å². The van der Waals surface area contributed by atoms with Crippen molar-refractivity contribution in [3.63, 3.8) is 0 Å². The predicted molar refractivity (Wildman–Crippen MR) is 231 cm³/mol. The summed E-state index contributed by atoms with van der Waals surface area (Å²) in [6.07, 6.45) is 0.226. The van der Waals surface area contributed by atoms with Gasteiger partial charge in [0.15, 0.2) is 0 Å². The van der Waals surface area contributed by atoms with E-state index in [1.807, 2.05) is 110 Å². The molecular weight excluding hydrogens is 771 g/mol. The number of alkyl carbamates (subject to hydrolysis) is 4. The van der Waals surface area contributed by atoms with Crippen molar-refractivity contribution in [2.45, 2.75) is 98.7 Å². The largest absolute Gasteiger partial charge is 0.469 e. The normalized spacial score (nSPS) is 10.9. The summed E-state index contributed by atoms with van der Waals surface area (Å²) in [7, 11) is 1.38. The van der Waals surface area contributed by atoms with Crippen molar-refractivity contribution in [1.29, 1.82) is 0 Å². The van der Waals surface area contributed by atoms with Crippen LogP contribution in [0.15, 0.2) is 91.0 Å². The smallest absolute Gasteiger partial charge is 0.407 e. The predicted octanol–water partition coefficient (Wildman–Crippen LogP) is 7.73. The Morgan fingerprint density at radius 3 is 1.40 bits per heavy atom. The lowest BCUT2D eigenvalue weighted by Crippen LogP contribution is -2.48. The molecular formula is C45H67N5O10. The molecule has 0 spiro atoms. The van der Waals surface area contributed by atoms with Crippen LogP contribution in [-0.4, -0.2) is 93.3 Å². The number of carbonyl (C=O) groups excluding carboxylic acids is 5. The fraction of sp³-hybridized carbons (Fsp3) is 0.489. The molecule has 0 fully saturated rings. The number of nitrogens with zero attached hydrogens (tertiary/aromatic N) is 1. The van der Waals surface area contributed by atoms with Gasteiger partial charge in [-0.15, -0.1) is 0 Å². The lowest BCUT2D eigenvalue weighted by Gasteiger charge is -2.28. The van der Waals surface area contributed by atoms with E-state index in [0.29, 0.717) is 51.9 Å². The van der Waals surface area contributed by atoms with E-state index in [-0.39, 0.29) is 44.9 Å².